The minimum Gasteiger partial charge on any atom is -0.489 e. The maximum Gasteiger partial charge on any atom is 0.187 e. The molecular formula is C22H17ClF2N6O3S. The first-order valence-corrected chi connectivity index (χ1v) is 12.6. The molecule has 1 atom stereocenters. The maximum absolute atomic E-state index is 14.8. The Morgan fingerprint density at radius 2 is 1.91 bits per heavy atom. The number of hydrogen-bond donors (Lipinski definition) is 0. The average Bonchev–Trinajstić information content (AvgIpc) is 3.14. The van der Waals surface area contributed by atoms with Crippen molar-refractivity contribution in [3.05, 3.63) is 82.8 Å². The van der Waals surface area contributed by atoms with Gasteiger partial charge >= 0.3 is 0 Å². The van der Waals surface area contributed by atoms with Crippen LogP contribution in [-0.4, -0.2) is 50.5 Å². The smallest absolute Gasteiger partial charge is 0.187 e. The molecule has 0 bridgehead atoms. The van der Waals surface area contributed by atoms with Crippen molar-refractivity contribution in [2.24, 2.45) is 0 Å². The van der Waals surface area contributed by atoms with Gasteiger partial charge in [0, 0.05) is 36.6 Å². The van der Waals surface area contributed by atoms with E-state index in [9.17, 15) is 17.2 Å². The third-order valence-electron chi connectivity index (χ3n) is 5.44. The molecule has 13 heteroatoms. The van der Waals surface area contributed by atoms with Gasteiger partial charge in [0.1, 0.15) is 47.1 Å². The van der Waals surface area contributed by atoms with Gasteiger partial charge in [-0.05, 0) is 18.2 Å². The van der Waals surface area contributed by atoms with Gasteiger partial charge < -0.3 is 4.74 Å². The highest BCUT2D eigenvalue weighted by Gasteiger charge is 2.32. The van der Waals surface area contributed by atoms with Crippen molar-refractivity contribution in [3.63, 3.8) is 0 Å². The summed E-state index contributed by atoms with van der Waals surface area (Å²) in [5.41, 5.74) is 0.441. The fourth-order valence-corrected chi connectivity index (χ4v) is 5.14. The van der Waals surface area contributed by atoms with Crippen molar-refractivity contribution in [2.75, 3.05) is 12.4 Å². The van der Waals surface area contributed by atoms with Crippen LogP contribution in [0.2, 0.25) is 5.02 Å². The van der Waals surface area contributed by atoms with Gasteiger partial charge in [-0.1, -0.05) is 17.7 Å². The number of fused-ring (bicyclic) bond motifs is 3. The van der Waals surface area contributed by atoms with Gasteiger partial charge in [-0.2, -0.15) is 0 Å². The summed E-state index contributed by atoms with van der Waals surface area (Å²) in [7, 11) is -3.71. The third-order valence-corrected chi connectivity index (χ3v) is 7.16. The number of sulfone groups is 1. The van der Waals surface area contributed by atoms with E-state index in [4.69, 9.17) is 16.3 Å². The van der Waals surface area contributed by atoms with Crippen molar-refractivity contribution in [1.29, 1.82) is 0 Å². The Kier molecular flexibility index (Phi) is 6.15. The molecule has 9 nitrogen and oxygen atoms in total. The quantitative estimate of drug-likeness (QED) is 0.382. The van der Waals surface area contributed by atoms with Crippen LogP contribution >= 0.6 is 11.6 Å². The first-order chi connectivity index (χ1) is 16.8. The molecule has 1 aliphatic rings. The number of hydrogen-bond acceptors (Lipinski definition) is 8. The van der Waals surface area contributed by atoms with E-state index < -0.39 is 33.3 Å². The number of nitrogens with zero attached hydrogens (tertiary/aromatic N) is 6. The molecule has 35 heavy (non-hydrogen) atoms. The average molecular weight is 519 g/mol. The molecule has 4 heterocycles. The van der Waals surface area contributed by atoms with Gasteiger partial charge in [0.15, 0.2) is 15.7 Å². The number of aryl methyl sites for hydroxylation is 1. The van der Waals surface area contributed by atoms with Gasteiger partial charge in [0.05, 0.1) is 16.8 Å². The fraction of sp³-hybridized carbons (Fsp3) is 0.227. The van der Waals surface area contributed by atoms with E-state index in [0.717, 1.165) is 12.1 Å². The second-order valence-electron chi connectivity index (χ2n) is 7.81. The molecule has 0 N–H and O–H groups in total. The van der Waals surface area contributed by atoms with E-state index in [2.05, 4.69) is 25.1 Å². The van der Waals surface area contributed by atoms with Gasteiger partial charge in [-0.25, -0.2) is 32.2 Å². The predicted molar refractivity (Wildman–Crippen MR) is 121 cm³/mol. The Hall–Kier alpha value is -3.51. The number of halogens is 3. The van der Waals surface area contributed by atoms with Crippen LogP contribution in [0.5, 0.6) is 5.75 Å². The lowest BCUT2D eigenvalue weighted by Crippen LogP contribution is -2.23. The zero-order valence-corrected chi connectivity index (χ0v) is 19.5. The number of aromatic nitrogens is 6. The Morgan fingerprint density at radius 1 is 1.11 bits per heavy atom. The van der Waals surface area contributed by atoms with Crippen LogP contribution in [0.4, 0.5) is 8.78 Å². The molecule has 5 rings (SSSR count). The molecule has 3 aromatic heterocycles. The number of pyridine rings is 1. The molecule has 0 fully saturated rings. The Labute approximate surface area is 203 Å². The second-order valence-corrected chi connectivity index (χ2v) is 10.4. The molecule has 0 radical (unpaired) electrons. The summed E-state index contributed by atoms with van der Waals surface area (Å²) in [5.74, 6) is -1.25. The molecule has 1 aliphatic heterocycles. The lowest BCUT2D eigenvalue weighted by atomic mass is 10.1. The molecule has 0 aliphatic carbocycles. The topological polar surface area (TPSA) is 113 Å². The van der Waals surface area contributed by atoms with Crippen molar-refractivity contribution in [1.82, 2.24) is 29.7 Å². The SMILES string of the molecule is O=S(=O)(CCc1ncc(Cl)cn1)Cc1nnc2n1[C@@H](c1ccc(F)cc1F)COc1cccnc1-2. The largest absolute Gasteiger partial charge is 0.489 e. The zero-order chi connectivity index (χ0) is 24.6. The summed E-state index contributed by atoms with van der Waals surface area (Å²) in [6, 6.07) is 5.66. The first kappa shape index (κ1) is 23.2. The van der Waals surface area contributed by atoms with E-state index in [0.29, 0.717) is 22.3 Å². The number of ether oxygens (including phenoxy) is 1. The Balaban J connectivity index is 1.52. The van der Waals surface area contributed by atoms with Crippen molar-refractivity contribution < 1.29 is 21.9 Å². The second kappa shape index (κ2) is 9.27. The standard InChI is InChI=1S/C22H17ClF2N6O3S/c23-13-9-27-19(28-10-13)5-7-35(32,33)12-20-29-30-22-21-18(2-1-6-26-21)34-11-17(31(20)22)15-4-3-14(24)8-16(15)25/h1-4,6,8-10,17H,5,7,11-12H2/t17-/m1/s1. The molecule has 0 saturated heterocycles. The molecule has 180 valence electrons. The molecular weight excluding hydrogens is 502 g/mol. The van der Waals surface area contributed by atoms with E-state index in [1.807, 2.05) is 0 Å². The first-order valence-electron chi connectivity index (χ1n) is 10.4. The third kappa shape index (κ3) is 4.84. The summed E-state index contributed by atoms with van der Waals surface area (Å²) in [5, 5.41) is 8.61. The van der Waals surface area contributed by atoms with Crippen LogP contribution in [0.25, 0.3) is 11.5 Å². The highest BCUT2D eigenvalue weighted by atomic mass is 35.5. The predicted octanol–water partition coefficient (Wildman–Crippen LogP) is 3.20. The monoisotopic (exact) mass is 518 g/mol. The minimum absolute atomic E-state index is 0.0715. The van der Waals surface area contributed by atoms with Gasteiger partial charge in [-0.15, -0.1) is 10.2 Å². The maximum atomic E-state index is 14.8. The van der Waals surface area contributed by atoms with Gasteiger partial charge in [-0.3, -0.25) is 4.57 Å². The fourth-order valence-electron chi connectivity index (χ4n) is 3.81. The van der Waals surface area contributed by atoms with E-state index in [1.165, 1.54) is 29.2 Å². The molecule has 0 amide bonds. The van der Waals surface area contributed by atoms with Gasteiger partial charge in [0.2, 0.25) is 0 Å². The van der Waals surface area contributed by atoms with Crippen molar-refractivity contribution in [3.8, 4) is 17.3 Å². The lowest BCUT2D eigenvalue weighted by molar-refractivity contribution is 0.274. The number of benzene rings is 1. The molecule has 0 spiro atoms. The lowest BCUT2D eigenvalue weighted by Gasteiger charge is -2.20. The minimum atomic E-state index is -3.71. The van der Waals surface area contributed by atoms with Crippen molar-refractivity contribution >= 4 is 21.4 Å². The van der Waals surface area contributed by atoms with E-state index in [-0.39, 0.29) is 36.0 Å². The normalized spacial score (nSPS) is 15.1. The van der Waals surface area contributed by atoms with Crippen LogP contribution in [0, 0.1) is 11.6 Å². The summed E-state index contributed by atoms with van der Waals surface area (Å²) in [4.78, 5) is 12.3. The van der Waals surface area contributed by atoms with Crippen LogP contribution in [-0.2, 0) is 22.0 Å². The van der Waals surface area contributed by atoms with E-state index in [1.54, 1.807) is 12.1 Å². The van der Waals surface area contributed by atoms with E-state index >= 15 is 0 Å². The summed E-state index contributed by atoms with van der Waals surface area (Å²) < 4.78 is 61.7. The summed E-state index contributed by atoms with van der Waals surface area (Å²) in [6.07, 6.45) is 4.38. The molecule has 4 aromatic rings. The van der Waals surface area contributed by atoms with Crippen LogP contribution in [0.15, 0.2) is 48.9 Å². The summed E-state index contributed by atoms with van der Waals surface area (Å²) >= 11 is 5.77. The molecule has 0 saturated carbocycles. The Morgan fingerprint density at radius 3 is 2.69 bits per heavy atom. The number of rotatable bonds is 6. The van der Waals surface area contributed by atoms with Crippen LogP contribution in [0.1, 0.15) is 23.3 Å². The molecule has 1 aromatic carbocycles. The van der Waals surface area contributed by atoms with Crippen LogP contribution < -0.4 is 4.74 Å². The highest BCUT2D eigenvalue weighted by Crippen LogP contribution is 2.36. The molecule has 0 unspecified atom stereocenters. The highest BCUT2D eigenvalue weighted by molar-refractivity contribution is 7.90. The summed E-state index contributed by atoms with van der Waals surface area (Å²) in [6.45, 7) is -0.0715. The van der Waals surface area contributed by atoms with Crippen LogP contribution in [0.3, 0.4) is 0 Å². The van der Waals surface area contributed by atoms with Gasteiger partial charge in [0.25, 0.3) is 0 Å². The zero-order valence-electron chi connectivity index (χ0n) is 18.0. The Bertz CT molecular complexity index is 1500. The van der Waals surface area contributed by atoms with Crippen molar-refractivity contribution in [2.45, 2.75) is 18.2 Å².